The Balaban J connectivity index is 1.31. The molecule has 2 aliphatic rings. The summed E-state index contributed by atoms with van der Waals surface area (Å²) in [5.74, 6) is 0.754. The largest absolute Gasteiger partial charge is 0.495 e. The number of hydrogen-bond acceptors (Lipinski definition) is 7. The average Bonchev–Trinajstić information content (AvgIpc) is 3.00. The minimum absolute atomic E-state index is 0.197. The number of hydrogen-bond donors (Lipinski definition) is 0. The van der Waals surface area contributed by atoms with E-state index in [4.69, 9.17) is 19.2 Å². The van der Waals surface area contributed by atoms with Crippen molar-refractivity contribution in [2.45, 2.75) is 31.0 Å². The number of nitrogens with zero attached hydrogens (tertiary/aromatic N) is 3. The van der Waals surface area contributed by atoms with Crippen molar-refractivity contribution < 1.29 is 22.6 Å². The fourth-order valence-corrected chi connectivity index (χ4v) is 7.25. The number of methoxy groups -OCH3 is 1. The molecule has 6 rings (SSSR count). The molecule has 0 radical (unpaired) electrons. The van der Waals surface area contributed by atoms with E-state index in [-0.39, 0.29) is 17.1 Å². The van der Waals surface area contributed by atoms with Crippen molar-refractivity contribution in [3.8, 4) is 28.0 Å². The third-order valence-corrected chi connectivity index (χ3v) is 9.70. The van der Waals surface area contributed by atoms with Crippen molar-refractivity contribution in [1.29, 1.82) is 0 Å². The highest BCUT2D eigenvalue weighted by Gasteiger charge is 2.26. The Labute approximate surface area is 241 Å². The zero-order chi connectivity index (χ0) is 28.6. The van der Waals surface area contributed by atoms with Crippen molar-refractivity contribution in [3.63, 3.8) is 0 Å². The normalized spacial score (nSPS) is 20.3. The van der Waals surface area contributed by atoms with Gasteiger partial charge in [-0.15, -0.1) is 0 Å². The van der Waals surface area contributed by atoms with Gasteiger partial charge in [0.1, 0.15) is 5.75 Å². The van der Waals surface area contributed by atoms with Crippen molar-refractivity contribution >= 4 is 26.6 Å². The molecule has 3 aromatic carbocycles. The van der Waals surface area contributed by atoms with E-state index in [0.717, 1.165) is 52.0 Å². The summed E-state index contributed by atoms with van der Waals surface area (Å²) in [6.45, 7) is 7.53. The third kappa shape index (κ3) is 5.42. The maximum Gasteiger partial charge on any atom is 0.243 e. The number of rotatable bonds is 6. The number of ether oxygens (including phenoxy) is 3. The highest BCUT2D eigenvalue weighted by Crippen LogP contribution is 2.39. The van der Waals surface area contributed by atoms with Crippen LogP contribution in [0.25, 0.3) is 33.2 Å². The van der Waals surface area contributed by atoms with Crippen molar-refractivity contribution in [2.75, 3.05) is 51.4 Å². The molecule has 3 heterocycles. The molecule has 0 spiro atoms. The first kappa shape index (κ1) is 27.7. The minimum atomic E-state index is -3.56. The number of para-hydroxylation sites is 1. The monoisotopic (exact) mass is 573 g/mol. The number of fused-ring (bicyclic) bond motifs is 1. The Morgan fingerprint density at radius 1 is 0.854 bits per heavy atom. The second-order valence-electron chi connectivity index (χ2n) is 10.7. The van der Waals surface area contributed by atoms with Gasteiger partial charge in [0.2, 0.25) is 10.0 Å². The fourth-order valence-electron chi connectivity index (χ4n) is 5.84. The highest BCUT2D eigenvalue weighted by molar-refractivity contribution is 7.89. The summed E-state index contributed by atoms with van der Waals surface area (Å²) in [7, 11) is -1.88. The summed E-state index contributed by atoms with van der Waals surface area (Å²) in [5.41, 5.74) is 5.71. The lowest BCUT2D eigenvalue weighted by atomic mass is 9.98. The van der Waals surface area contributed by atoms with Crippen LogP contribution in [0.3, 0.4) is 0 Å². The van der Waals surface area contributed by atoms with Crippen LogP contribution in [0.2, 0.25) is 0 Å². The van der Waals surface area contributed by atoms with Gasteiger partial charge in [0.05, 0.1) is 42.9 Å². The van der Waals surface area contributed by atoms with Gasteiger partial charge in [-0.25, -0.2) is 8.42 Å². The quantitative estimate of drug-likeness (QED) is 0.313. The Bertz CT molecular complexity index is 1630. The average molecular weight is 574 g/mol. The van der Waals surface area contributed by atoms with Gasteiger partial charge in [0, 0.05) is 54.6 Å². The van der Waals surface area contributed by atoms with Crippen molar-refractivity contribution in [3.05, 3.63) is 72.9 Å². The molecule has 0 amide bonds. The van der Waals surface area contributed by atoms with Gasteiger partial charge >= 0.3 is 0 Å². The molecule has 0 aliphatic carbocycles. The van der Waals surface area contributed by atoms with Crippen LogP contribution in [-0.2, 0) is 19.5 Å². The van der Waals surface area contributed by atoms with Crippen LogP contribution in [0.5, 0.6) is 5.75 Å². The van der Waals surface area contributed by atoms with Gasteiger partial charge < -0.3 is 19.1 Å². The van der Waals surface area contributed by atoms with Crippen molar-refractivity contribution in [1.82, 2.24) is 9.29 Å². The summed E-state index contributed by atoms with van der Waals surface area (Å²) >= 11 is 0. The van der Waals surface area contributed by atoms with Gasteiger partial charge in [0.25, 0.3) is 0 Å². The molecule has 9 heteroatoms. The second-order valence-corrected chi connectivity index (χ2v) is 12.6. The van der Waals surface area contributed by atoms with E-state index in [1.165, 1.54) is 9.99 Å². The van der Waals surface area contributed by atoms with E-state index in [2.05, 4.69) is 43.0 Å². The molecule has 41 heavy (non-hydrogen) atoms. The highest BCUT2D eigenvalue weighted by atomic mass is 32.2. The summed E-state index contributed by atoms with van der Waals surface area (Å²) in [4.78, 5) is 7.51. The van der Waals surface area contributed by atoms with Crippen molar-refractivity contribution in [2.24, 2.45) is 0 Å². The lowest BCUT2D eigenvalue weighted by molar-refractivity contribution is -0.00521. The lowest BCUT2D eigenvalue weighted by Gasteiger charge is -2.36. The van der Waals surface area contributed by atoms with Crippen LogP contribution in [0.15, 0.2) is 77.8 Å². The third-order valence-electron chi connectivity index (χ3n) is 7.79. The molecule has 2 aliphatic heterocycles. The number of sulfonamides is 1. The Morgan fingerprint density at radius 3 is 2.15 bits per heavy atom. The summed E-state index contributed by atoms with van der Waals surface area (Å²) in [6, 6.07) is 21.5. The fraction of sp³-hybridized carbons (Fsp3) is 0.344. The molecule has 2 atom stereocenters. The molecule has 2 saturated heterocycles. The number of pyridine rings is 1. The topological polar surface area (TPSA) is 81.2 Å². The molecular weight excluding hydrogens is 538 g/mol. The van der Waals surface area contributed by atoms with Gasteiger partial charge in [-0.3, -0.25) is 4.98 Å². The molecule has 2 fully saturated rings. The summed E-state index contributed by atoms with van der Waals surface area (Å²) in [6.07, 6.45) is 2.25. The first-order chi connectivity index (χ1) is 19.8. The van der Waals surface area contributed by atoms with E-state index in [0.29, 0.717) is 26.3 Å². The van der Waals surface area contributed by atoms with Gasteiger partial charge in [-0.2, -0.15) is 4.31 Å². The van der Waals surface area contributed by atoms with Gasteiger partial charge in [0.15, 0.2) is 0 Å². The molecule has 0 saturated carbocycles. The standard InChI is InChI=1S/C32H35N3O5S/c1-22-20-34(21-23(2)40-22)26-11-7-25(8-12-26)30-19-33-31-28(5-4-6-29(31)32(30)38-3)24-9-13-27(14-10-24)41(36,37)35-15-17-39-18-16-35/h4-14,19,22-23H,15-18,20-21H2,1-3H3/t22-,23+. The molecule has 0 unspecified atom stereocenters. The van der Waals surface area contributed by atoms with Crippen LogP contribution in [0.4, 0.5) is 5.69 Å². The smallest absolute Gasteiger partial charge is 0.243 e. The van der Waals surface area contributed by atoms with E-state index >= 15 is 0 Å². The molecule has 8 nitrogen and oxygen atoms in total. The number of anilines is 1. The number of morpholine rings is 2. The maximum absolute atomic E-state index is 13.1. The maximum atomic E-state index is 13.1. The first-order valence-electron chi connectivity index (χ1n) is 14.0. The van der Waals surface area contributed by atoms with E-state index < -0.39 is 10.0 Å². The Morgan fingerprint density at radius 2 is 1.49 bits per heavy atom. The van der Waals surface area contributed by atoms with Crippen LogP contribution in [-0.4, -0.2) is 76.4 Å². The van der Waals surface area contributed by atoms with Gasteiger partial charge in [-0.05, 0) is 55.3 Å². The predicted octanol–water partition coefficient (Wildman–Crippen LogP) is 5.21. The predicted molar refractivity (Wildman–Crippen MR) is 161 cm³/mol. The molecular formula is C32H35N3O5S. The number of benzene rings is 3. The Hall–Kier alpha value is -3.50. The zero-order valence-corrected chi connectivity index (χ0v) is 24.4. The Kier molecular flexibility index (Phi) is 7.70. The first-order valence-corrected chi connectivity index (χ1v) is 15.4. The summed E-state index contributed by atoms with van der Waals surface area (Å²) < 4.78 is 44.8. The van der Waals surface area contributed by atoms with Crippen LogP contribution in [0.1, 0.15) is 13.8 Å². The van der Waals surface area contributed by atoms with Crippen LogP contribution in [0, 0.1) is 0 Å². The van der Waals surface area contributed by atoms with Crippen LogP contribution < -0.4 is 9.64 Å². The van der Waals surface area contributed by atoms with Crippen LogP contribution >= 0.6 is 0 Å². The summed E-state index contributed by atoms with van der Waals surface area (Å²) in [5, 5.41) is 0.896. The molecule has 214 valence electrons. The van der Waals surface area contributed by atoms with E-state index in [9.17, 15) is 8.42 Å². The molecule has 4 aromatic rings. The molecule has 0 bridgehead atoms. The van der Waals surface area contributed by atoms with E-state index in [1.807, 2.05) is 36.5 Å². The second kappa shape index (κ2) is 11.4. The van der Waals surface area contributed by atoms with Gasteiger partial charge in [-0.1, -0.05) is 36.4 Å². The molecule has 1 aromatic heterocycles. The lowest BCUT2D eigenvalue weighted by Crippen LogP contribution is -2.45. The number of aromatic nitrogens is 1. The SMILES string of the molecule is COc1c(-c2ccc(N3C[C@@H](C)O[C@@H](C)C3)cc2)cnc2c(-c3ccc(S(=O)(=O)N4CCOCC4)cc3)cccc12. The van der Waals surface area contributed by atoms with E-state index in [1.54, 1.807) is 19.2 Å². The minimum Gasteiger partial charge on any atom is -0.495 e. The zero-order valence-electron chi connectivity index (χ0n) is 23.6. The molecule has 0 N–H and O–H groups in total.